The molecule has 0 saturated heterocycles. The Bertz CT molecular complexity index is 817. The maximum Gasteiger partial charge on any atom is 0.231 e. The summed E-state index contributed by atoms with van der Waals surface area (Å²) in [4.78, 5) is 9.11. The van der Waals surface area contributed by atoms with E-state index in [1.165, 1.54) is 0 Å². The summed E-state index contributed by atoms with van der Waals surface area (Å²) in [6, 6.07) is 7.39. The number of methoxy groups -OCH3 is 1. The lowest BCUT2D eigenvalue weighted by Gasteiger charge is -2.10. The second-order valence-corrected chi connectivity index (χ2v) is 5.74. The van der Waals surface area contributed by atoms with Crippen molar-refractivity contribution in [1.29, 1.82) is 0 Å². The zero-order valence-electron chi connectivity index (χ0n) is 13.6. The number of benzene rings is 1. The monoisotopic (exact) mass is 346 g/mol. The molecule has 0 aliphatic heterocycles. The molecule has 0 saturated carbocycles. The molecule has 0 radical (unpaired) electrons. The van der Waals surface area contributed by atoms with E-state index in [0.29, 0.717) is 17.6 Å². The molecule has 7 nitrogen and oxygen atoms in total. The van der Waals surface area contributed by atoms with E-state index in [1.807, 2.05) is 31.3 Å². The Kier molecular flexibility index (Phi) is 5.12. The minimum Gasteiger partial charge on any atom is -0.385 e. The van der Waals surface area contributed by atoms with Crippen molar-refractivity contribution in [2.24, 2.45) is 7.05 Å². The topological polar surface area (TPSA) is 76.9 Å². The van der Waals surface area contributed by atoms with Crippen LogP contribution < -0.4 is 10.6 Å². The van der Waals surface area contributed by atoms with E-state index in [-0.39, 0.29) is 0 Å². The normalized spacial score (nSPS) is 11.0. The average Bonchev–Trinajstić information content (AvgIpc) is 2.95. The minimum absolute atomic E-state index is 0.502. The molecule has 2 aromatic heterocycles. The Labute approximate surface area is 145 Å². The van der Waals surface area contributed by atoms with Crippen molar-refractivity contribution in [3.05, 3.63) is 35.5 Å². The van der Waals surface area contributed by atoms with E-state index in [4.69, 9.17) is 16.3 Å². The molecule has 0 bridgehead atoms. The Morgan fingerprint density at radius 3 is 2.75 bits per heavy atom. The van der Waals surface area contributed by atoms with Crippen molar-refractivity contribution in [1.82, 2.24) is 19.7 Å². The smallest absolute Gasteiger partial charge is 0.231 e. The van der Waals surface area contributed by atoms with Crippen LogP contribution in [0.2, 0.25) is 5.02 Å². The van der Waals surface area contributed by atoms with Crippen LogP contribution in [-0.4, -0.2) is 40.0 Å². The van der Waals surface area contributed by atoms with Crippen LogP contribution in [0.15, 0.2) is 30.5 Å². The summed E-state index contributed by atoms with van der Waals surface area (Å²) < 4.78 is 6.80. The molecule has 8 heteroatoms. The molecule has 3 rings (SSSR count). The highest BCUT2D eigenvalue weighted by atomic mass is 35.5. The summed E-state index contributed by atoms with van der Waals surface area (Å²) in [5.41, 5.74) is 1.63. The molecule has 3 aromatic rings. The Hall–Kier alpha value is -2.38. The lowest BCUT2D eigenvalue weighted by molar-refractivity contribution is 0.198. The van der Waals surface area contributed by atoms with Crippen molar-refractivity contribution >= 4 is 40.1 Å². The van der Waals surface area contributed by atoms with Crippen LogP contribution >= 0.6 is 11.6 Å². The van der Waals surface area contributed by atoms with Crippen LogP contribution in [0.3, 0.4) is 0 Å². The molecule has 2 heterocycles. The van der Waals surface area contributed by atoms with E-state index in [9.17, 15) is 0 Å². The number of aromatic nitrogens is 4. The van der Waals surface area contributed by atoms with E-state index < -0.39 is 0 Å². The van der Waals surface area contributed by atoms with Gasteiger partial charge in [-0.3, -0.25) is 4.68 Å². The van der Waals surface area contributed by atoms with Gasteiger partial charge in [0, 0.05) is 38.0 Å². The summed E-state index contributed by atoms with van der Waals surface area (Å²) >= 11 is 5.92. The molecule has 0 aliphatic rings. The Morgan fingerprint density at radius 2 is 2.00 bits per heavy atom. The van der Waals surface area contributed by atoms with Gasteiger partial charge in [0.25, 0.3) is 0 Å². The van der Waals surface area contributed by atoms with Gasteiger partial charge in [0.05, 0.1) is 11.6 Å². The maximum atomic E-state index is 5.92. The van der Waals surface area contributed by atoms with E-state index in [1.54, 1.807) is 18.0 Å². The molecule has 0 aliphatic carbocycles. The number of halogens is 1. The van der Waals surface area contributed by atoms with Crippen LogP contribution in [0, 0.1) is 0 Å². The van der Waals surface area contributed by atoms with E-state index in [2.05, 4.69) is 25.7 Å². The molecular formula is C16H19ClN6O. The van der Waals surface area contributed by atoms with Gasteiger partial charge in [0.1, 0.15) is 5.82 Å². The Morgan fingerprint density at radius 1 is 1.21 bits per heavy atom. The fourth-order valence-corrected chi connectivity index (χ4v) is 2.42. The van der Waals surface area contributed by atoms with Gasteiger partial charge in [-0.05, 0) is 30.7 Å². The van der Waals surface area contributed by atoms with E-state index >= 15 is 0 Å². The number of ether oxygens (including phenoxy) is 1. The number of hydrogen-bond donors (Lipinski definition) is 2. The van der Waals surface area contributed by atoms with Crippen molar-refractivity contribution in [2.45, 2.75) is 6.42 Å². The van der Waals surface area contributed by atoms with Crippen LogP contribution in [0.25, 0.3) is 11.0 Å². The van der Waals surface area contributed by atoms with Crippen LogP contribution in [0.5, 0.6) is 0 Å². The fourth-order valence-electron chi connectivity index (χ4n) is 2.30. The molecule has 1 aromatic carbocycles. The molecule has 0 atom stereocenters. The van der Waals surface area contributed by atoms with Crippen molar-refractivity contribution in [3.63, 3.8) is 0 Å². The highest BCUT2D eigenvalue weighted by molar-refractivity contribution is 6.30. The molecule has 126 valence electrons. The second-order valence-electron chi connectivity index (χ2n) is 5.31. The first-order valence-corrected chi connectivity index (χ1v) is 8.00. The zero-order chi connectivity index (χ0) is 16.9. The van der Waals surface area contributed by atoms with Gasteiger partial charge in [0.15, 0.2) is 5.65 Å². The first-order valence-electron chi connectivity index (χ1n) is 7.62. The van der Waals surface area contributed by atoms with Crippen LogP contribution in [0.4, 0.5) is 17.5 Å². The number of aryl methyl sites for hydroxylation is 1. The summed E-state index contributed by atoms with van der Waals surface area (Å²) in [7, 11) is 3.55. The molecule has 0 unspecified atom stereocenters. The lowest BCUT2D eigenvalue weighted by atomic mass is 10.3. The van der Waals surface area contributed by atoms with Gasteiger partial charge in [-0.2, -0.15) is 15.1 Å². The van der Waals surface area contributed by atoms with Gasteiger partial charge in [-0.25, -0.2) is 0 Å². The molecule has 2 N–H and O–H groups in total. The Balaban J connectivity index is 1.87. The number of rotatable bonds is 7. The average molecular weight is 347 g/mol. The molecule has 0 fully saturated rings. The quantitative estimate of drug-likeness (QED) is 0.640. The third-order valence-corrected chi connectivity index (χ3v) is 3.76. The number of fused-ring (bicyclic) bond motifs is 1. The molecule has 0 amide bonds. The minimum atomic E-state index is 0.502. The maximum absolute atomic E-state index is 5.92. The van der Waals surface area contributed by atoms with Crippen molar-refractivity contribution in [3.8, 4) is 0 Å². The third-order valence-electron chi connectivity index (χ3n) is 3.51. The number of nitrogens with one attached hydrogen (secondary N) is 2. The number of anilines is 3. The highest BCUT2D eigenvalue weighted by Crippen LogP contribution is 2.23. The fraction of sp³-hybridized carbons (Fsp3) is 0.312. The first-order chi connectivity index (χ1) is 11.7. The van der Waals surface area contributed by atoms with Gasteiger partial charge < -0.3 is 15.4 Å². The lowest BCUT2D eigenvalue weighted by Crippen LogP contribution is -2.08. The van der Waals surface area contributed by atoms with Crippen molar-refractivity contribution < 1.29 is 4.74 Å². The second kappa shape index (κ2) is 7.46. The third kappa shape index (κ3) is 3.74. The van der Waals surface area contributed by atoms with Crippen LogP contribution in [-0.2, 0) is 11.8 Å². The first kappa shape index (κ1) is 16.5. The molecule has 0 spiro atoms. The predicted octanol–water partition coefficient (Wildman–Crippen LogP) is 3.21. The van der Waals surface area contributed by atoms with Gasteiger partial charge in [-0.1, -0.05) is 11.6 Å². The summed E-state index contributed by atoms with van der Waals surface area (Å²) in [6.45, 7) is 1.46. The van der Waals surface area contributed by atoms with E-state index in [0.717, 1.165) is 35.5 Å². The largest absolute Gasteiger partial charge is 0.385 e. The van der Waals surface area contributed by atoms with Gasteiger partial charge in [-0.15, -0.1) is 0 Å². The number of hydrogen-bond acceptors (Lipinski definition) is 6. The van der Waals surface area contributed by atoms with Crippen molar-refractivity contribution in [2.75, 3.05) is 30.9 Å². The molecule has 24 heavy (non-hydrogen) atoms. The number of nitrogens with zero attached hydrogens (tertiary/aromatic N) is 4. The van der Waals surface area contributed by atoms with Crippen LogP contribution in [0.1, 0.15) is 6.42 Å². The highest BCUT2D eigenvalue weighted by Gasteiger charge is 2.11. The predicted molar refractivity (Wildman–Crippen MR) is 96.0 cm³/mol. The zero-order valence-corrected chi connectivity index (χ0v) is 14.3. The summed E-state index contributed by atoms with van der Waals surface area (Å²) in [5.74, 6) is 1.25. The van der Waals surface area contributed by atoms with Gasteiger partial charge >= 0.3 is 0 Å². The summed E-state index contributed by atoms with van der Waals surface area (Å²) in [5, 5.41) is 12.4. The SMILES string of the molecule is COCCCNc1nc(Nc2ccc(Cl)cc2)nc2c1cnn2C. The molecular weight excluding hydrogens is 328 g/mol. The standard InChI is InChI=1S/C16H19ClN6O/c1-23-15-13(10-19-23)14(18-8-3-9-24-2)21-16(22-15)20-12-6-4-11(17)5-7-12/h4-7,10H,3,8-9H2,1-2H3,(H2,18,20,21,22). The summed E-state index contributed by atoms with van der Waals surface area (Å²) in [6.07, 6.45) is 2.66. The van der Waals surface area contributed by atoms with Gasteiger partial charge in [0.2, 0.25) is 5.95 Å².